The number of carbonyl (C=O) groups is 4. The molecule has 0 heterocycles. The Morgan fingerprint density at radius 1 is 0.605 bits per heavy atom. The summed E-state index contributed by atoms with van der Waals surface area (Å²) in [5, 5.41) is -1.55. The fourth-order valence-electron chi connectivity index (χ4n) is 2.75. The summed E-state index contributed by atoms with van der Waals surface area (Å²) in [6.07, 6.45) is 2.56. The molecule has 0 aliphatic heterocycles. The third-order valence-electron chi connectivity index (χ3n) is 4.68. The standard InChI is InChI=1S/C24H20Cl6O8/c1-3-5-7-35-21(31)15-17(29)11(25)9-13(27)19(15)37-23(33)24(34)38-20-14(28)10-12(26)18(30)16(20)22(32)36-8-6-4-2/h9-10H,3-8H2,1-2H3. The van der Waals surface area contributed by atoms with Crippen LogP contribution in [0.25, 0.3) is 0 Å². The van der Waals surface area contributed by atoms with E-state index in [-0.39, 0.29) is 43.3 Å². The Labute approximate surface area is 248 Å². The third-order valence-corrected chi connectivity index (χ3v) is 6.82. The van der Waals surface area contributed by atoms with Crippen molar-refractivity contribution in [2.75, 3.05) is 13.2 Å². The molecule has 0 atom stereocenters. The van der Waals surface area contributed by atoms with E-state index in [1.807, 2.05) is 13.8 Å². The van der Waals surface area contributed by atoms with Gasteiger partial charge in [-0.25, -0.2) is 19.2 Å². The van der Waals surface area contributed by atoms with Gasteiger partial charge < -0.3 is 18.9 Å². The molecule has 38 heavy (non-hydrogen) atoms. The lowest BCUT2D eigenvalue weighted by molar-refractivity contribution is -0.156. The summed E-state index contributed by atoms with van der Waals surface area (Å²) in [5.74, 6) is -6.48. The van der Waals surface area contributed by atoms with Crippen molar-refractivity contribution in [3.05, 3.63) is 53.4 Å². The Kier molecular flexibility index (Phi) is 12.7. The molecule has 0 radical (unpaired) electrons. The summed E-state index contributed by atoms with van der Waals surface area (Å²) in [7, 11) is 0. The zero-order valence-corrected chi connectivity index (χ0v) is 24.5. The lowest BCUT2D eigenvalue weighted by atomic mass is 10.2. The van der Waals surface area contributed by atoms with Gasteiger partial charge in [-0.1, -0.05) is 96.3 Å². The lowest BCUT2D eigenvalue weighted by Gasteiger charge is -2.15. The first-order valence-electron chi connectivity index (χ1n) is 11.1. The maximum atomic E-state index is 12.7. The van der Waals surface area contributed by atoms with Gasteiger partial charge in [0.25, 0.3) is 0 Å². The van der Waals surface area contributed by atoms with E-state index < -0.39 is 46.5 Å². The average Bonchev–Trinajstić information content (AvgIpc) is 2.86. The molecule has 2 rings (SSSR count). The number of ether oxygens (including phenoxy) is 4. The molecule has 2 aromatic rings. The molecule has 8 nitrogen and oxygen atoms in total. The molecule has 0 aliphatic rings. The van der Waals surface area contributed by atoms with Crippen molar-refractivity contribution in [2.45, 2.75) is 39.5 Å². The van der Waals surface area contributed by atoms with Gasteiger partial charge in [-0.3, -0.25) is 0 Å². The fraction of sp³-hybridized carbons (Fsp3) is 0.333. The second kappa shape index (κ2) is 15.0. The maximum Gasteiger partial charge on any atom is 0.423 e. The van der Waals surface area contributed by atoms with Gasteiger partial charge in [-0.2, -0.15) is 0 Å². The van der Waals surface area contributed by atoms with Crippen molar-refractivity contribution in [1.29, 1.82) is 0 Å². The van der Waals surface area contributed by atoms with Gasteiger partial charge in [0.2, 0.25) is 0 Å². The second-order valence-electron chi connectivity index (χ2n) is 7.47. The SMILES string of the molecule is CCCCOC(=O)c1c(Cl)c(Cl)cc(Cl)c1OC(=O)C(=O)Oc1c(Cl)cc(Cl)c(Cl)c1C(=O)OCCCC. The summed E-state index contributed by atoms with van der Waals surface area (Å²) in [5.41, 5.74) is -0.955. The quantitative estimate of drug-likeness (QED) is 0.0838. The van der Waals surface area contributed by atoms with Gasteiger partial charge in [0, 0.05) is 0 Å². The second-order valence-corrected chi connectivity index (χ2v) is 9.86. The molecule has 0 bridgehead atoms. The lowest BCUT2D eigenvalue weighted by Crippen LogP contribution is -2.27. The van der Waals surface area contributed by atoms with E-state index in [0.29, 0.717) is 12.8 Å². The summed E-state index contributed by atoms with van der Waals surface area (Å²) in [6.45, 7) is 3.84. The smallest absolute Gasteiger partial charge is 0.423 e. The van der Waals surface area contributed by atoms with E-state index in [1.165, 1.54) is 0 Å². The van der Waals surface area contributed by atoms with Crippen LogP contribution in [-0.4, -0.2) is 37.1 Å². The van der Waals surface area contributed by atoms with Crippen LogP contribution >= 0.6 is 69.6 Å². The Morgan fingerprint density at radius 3 is 1.26 bits per heavy atom. The molecule has 0 aliphatic carbocycles. The third kappa shape index (κ3) is 8.04. The van der Waals surface area contributed by atoms with Crippen molar-refractivity contribution in [3.63, 3.8) is 0 Å². The van der Waals surface area contributed by atoms with Gasteiger partial charge in [0.1, 0.15) is 11.1 Å². The molecule has 0 spiro atoms. The maximum absolute atomic E-state index is 12.7. The number of benzene rings is 2. The Morgan fingerprint density at radius 2 is 0.947 bits per heavy atom. The molecule has 0 amide bonds. The summed E-state index contributed by atoms with van der Waals surface area (Å²) in [4.78, 5) is 50.6. The number of hydrogen-bond acceptors (Lipinski definition) is 8. The topological polar surface area (TPSA) is 105 Å². The number of hydrogen-bond donors (Lipinski definition) is 0. The first-order chi connectivity index (χ1) is 17.9. The zero-order chi connectivity index (χ0) is 28.6. The van der Waals surface area contributed by atoms with E-state index in [9.17, 15) is 19.2 Å². The molecule has 0 unspecified atom stereocenters. The van der Waals surface area contributed by atoms with Crippen molar-refractivity contribution in [2.24, 2.45) is 0 Å². The van der Waals surface area contributed by atoms with Gasteiger partial charge >= 0.3 is 23.9 Å². The van der Waals surface area contributed by atoms with Gasteiger partial charge in [0.05, 0.1) is 43.3 Å². The number of rotatable bonds is 10. The van der Waals surface area contributed by atoms with E-state index in [4.69, 9.17) is 88.6 Å². The van der Waals surface area contributed by atoms with Crippen LogP contribution in [0, 0.1) is 0 Å². The molecule has 206 valence electrons. The zero-order valence-electron chi connectivity index (χ0n) is 19.9. The molecule has 0 saturated heterocycles. The Bertz CT molecular complexity index is 1150. The van der Waals surface area contributed by atoms with Crippen LogP contribution in [0.2, 0.25) is 30.1 Å². The van der Waals surface area contributed by atoms with E-state index >= 15 is 0 Å². The number of carbonyl (C=O) groups excluding carboxylic acids is 4. The summed E-state index contributed by atoms with van der Waals surface area (Å²) < 4.78 is 20.3. The first kappa shape index (κ1) is 32.3. The number of esters is 4. The molecule has 0 N–H and O–H groups in total. The predicted molar refractivity (Wildman–Crippen MR) is 145 cm³/mol. The minimum atomic E-state index is -1.65. The largest absolute Gasteiger partial charge is 0.462 e. The van der Waals surface area contributed by atoms with Crippen molar-refractivity contribution in [3.8, 4) is 11.5 Å². The van der Waals surface area contributed by atoms with E-state index in [0.717, 1.165) is 25.0 Å². The molecule has 14 heteroatoms. The minimum absolute atomic E-state index is 0.0399. The van der Waals surface area contributed by atoms with Crippen LogP contribution in [-0.2, 0) is 19.1 Å². The van der Waals surface area contributed by atoms with Gasteiger partial charge in [-0.15, -0.1) is 0 Å². The molecular weight excluding hydrogens is 629 g/mol. The Hall–Kier alpha value is -1.94. The van der Waals surface area contributed by atoms with Crippen molar-refractivity contribution < 1.29 is 38.1 Å². The van der Waals surface area contributed by atoms with Crippen molar-refractivity contribution >= 4 is 93.5 Å². The van der Waals surface area contributed by atoms with Crippen LogP contribution in [0.15, 0.2) is 12.1 Å². The molecule has 2 aromatic carbocycles. The average molecular weight is 649 g/mol. The van der Waals surface area contributed by atoms with E-state index in [2.05, 4.69) is 0 Å². The number of halogens is 6. The normalized spacial score (nSPS) is 10.6. The predicted octanol–water partition coefficient (Wildman–Crippen LogP) is 8.03. The highest BCUT2D eigenvalue weighted by atomic mass is 35.5. The van der Waals surface area contributed by atoms with E-state index in [1.54, 1.807) is 0 Å². The number of unbranched alkanes of at least 4 members (excludes halogenated alkanes) is 2. The Balaban J connectivity index is 2.38. The first-order valence-corrected chi connectivity index (χ1v) is 13.3. The van der Waals surface area contributed by atoms with Crippen LogP contribution in [0.4, 0.5) is 0 Å². The van der Waals surface area contributed by atoms with Crippen LogP contribution in [0.5, 0.6) is 11.5 Å². The molecule has 0 aromatic heterocycles. The van der Waals surface area contributed by atoms with Crippen LogP contribution in [0.1, 0.15) is 60.2 Å². The monoisotopic (exact) mass is 646 g/mol. The minimum Gasteiger partial charge on any atom is -0.462 e. The molecule has 0 saturated carbocycles. The van der Waals surface area contributed by atoms with Crippen LogP contribution < -0.4 is 9.47 Å². The highest BCUT2D eigenvalue weighted by molar-refractivity contribution is 6.47. The van der Waals surface area contributed by atoms with Crippen LogP contribution in [0.3, 0.4) is 0 Å². The molecular formula is C24H20Cl6O8. The van der Waals surface area contributed by atoms with Crippen molar-refractivity contribution in [1.82, 2.24) is 0 Å². The highest BCUT2D eigenvalue weighted by Gasteiger charge is 2.32. The molecule has 0 fully saturated rings. The summed E-state index contributed by atoms with van der Waals surface area (Å²) >= 11 is 36.5. The van der Waals surface area contributed by atoms with Gasteiger partial charge in [0.15, 0.2) is 11.5 Å². The highest BCUT2D eigenvalue weighted by Crippen LogP contribution is 2.41. The summed E-state index contributed by atoms with van der Waals surface area (Å²) in [6, 6.07) is 2.20. The van der Waals surface area contributed by atoms with Gasteiger partial charge in [-0.05, 0) is 25.0 Å². The fourth-order valence-corrected chi connectivity index (χ4v) is 4.19.